The topological polar surface area (TPSA) is 35.9 Å². The highest BCUT2D eigenvalue weighted by atomic mass is 79.9. The van der Waals surface area contributed by atoms with Crippen molar-refractivity contribution in [2.45, 2.75) is 13.0 Å². The van der Waals surface area contributed by atoms with Crippen LogP contribution in [0.1, 0.15) is 24.1 Å². The van der Waals surface area contributed by atoms with Crippen molar-refractivity contribution in [3.05, 3.63) is 99.4 Å². The van der Waals surface area contributed by atoms with Gasteiger partial charge in [-0.1, -0.05) is 54.6 Å². The van der Waals surface area contributed by atoms with Crippen molar-refractivity contribution >= 4 is 56.2 Å². The fourth-order valence-electron chi connectivity index (χ4n) is 3.53. The molecular formula is C26H24BrN3OS. The highest BCUT2D eigenvalue weighted by Crippen LogP contribution is 2.39. The number of carbonyl (C=O) groups is 1. The van der Waals surface area contributed by atoms with Gasteiger partial charge in [0.1, 0.15) is 0 Å². The summed E-state index contributed by atoms with van der Waals surface area (Å²) in [7, 11) is 4.01. The van der Waals surface area contributed by atoms with Gasteiger partial charge in [-0.05, 0) is 76.1 Å². The van der Waals surface area contributed by atoms with E-state index in [1.165, 1.54) is 11.8 Å². The summed E-state index contributed by atoms with van der Waals surface area (Å²) in [6.45, 7) is 2.04. The van der Waals surface area contributed by atoms with Gasteiger partial charge in [0.25, 0.3) is 5.91 Å². The van der Waals surface area contributed by atoms with Crippen LogP contribution < -0.4 is 4.90 Å². The van der Waals surface area contributed by atoms with Gasteiger partial charge >= 0.3 is 0 Å². The predicted octanol–water partition coefficient (Wildman–Crippen LogP) is 6.88. The SMILES string of the molecule is C[C@@H](c1ccccc1)N1C(=O)/C(=C\c2ccc(N(C)C)c(Br)c2)SC1=Nc1ccccc1. The minimum atomic E-state index is -0.132. The zero-order chi connectivity index (χ0) is 22.7. The average molecular weight is 506 g/mol. The van der Waals surface area contributed by atoms with E-state index in [2.05, 4.69) is 15.9 Å². The Morgan fingerprint density at radius 1 is 1.00 bits per heavy atom. The molecule has 0 spiro atoms. The number of rotatable bonds is 5. The van der Waals surface area contributed by atoms with E-state index in [0.717, 1.165) is 27.0 Å². The Balaban J connectivity index is 1.73. The van der Waals surface area contributed by atoms with E-state index in [1.54, 1.807) is 4.90 Å². The molecule has 1 heterocycles. The van der Waals surface area contributed by atoms with Gasteiger partial charge in [0.05, 0.1) is 22.3 Å². The molecule has 6 heteroatoms. The lowest BCUT2D eigenvalue weighted by Gasteiger charge is -2.24. The second kappa shape index (κ2) is 9.76. The molecule has 3 aromatic rings. The van der Waals surface area contributed by atoms with Crippen LogP contribution >= 0.6 is 27.7 Å². The smallest absolute Gasteiger partial charge is 0.267 e. The normalized spacial score (nSPS) is 17.2. The fourth-order valence-corrected chi connectivity index (χ4v) is 5.35. The largest absolute Gasteiger partial charge is 0.377 e. The molecule has 32 heavy (non-hydrogen) atoms. The van der Waals surface area contributed by atoms with E-state index < -0.39 is 0 Å². The van der Waals surface area contributed by atoms with E-state index in [1.807, 2.05) is 111 Å². The molecule has 0 unspecified atom stereocenters. The number of thioether (sulfide) groups is 1. The van der Waals surface area contributed by atoms with Gasteiger partial charge < -0.3 is 4.90 Å². The van der Waals surface area contributed by atoms with E-state index in [0.29, 0.717) is 10.1 Å². The molecule has 0 aromatic heterocycles. The summed E-state index contributed by atoms with van der Waals surface area (Å²) in [6.07, 6.45) is 1.94. The van der Waals surface area contributed by atoms with Gasteiger partial charge in [-0.2, -0.15) is 0 Å². The number of anilines is 1. The van der Waals surface area contributed by atoms with Crippen molar-refractivity contribution in [2.75, 3.05) is 19.0 Å². The van der Waals surface area contributed by atoms with Crippen LogP contribution in [0.15, 0.2) is 93.2 Å². The molecule has 0 saturated carbocycles. The molecule has 1 atom stereocenters. The Morgan fingerprint density at radius 3 is 2.28 bits per heavy atom. The molecule has 0 bridgehead atoms. The summed E-state index contributed by atoms with van der Waals surface area (Å²) in [5.74, 6) is -0.0335. The summed E-state index contributed by atoms with van der Waals surface area (Å²) in [5.41, 5.74) is 3.95. The lowest BCUT2D eigenvalue weighted by Crippen LogP contribution is -2.32. The number of benzene rings is 3. The van der Waals surface area contributed by atoms with E-state index in [-0.39, 0.29) is 11.9 Å². The predicted molar refractivity (Wildman–Crippen MR) is 139 cm³/mol. The van der Waals surface area contributed by atoms with E-state index in [4.69, 9.17) is 4.99 Å². The number of amides is 1. The van der Waals surface area contributed by atoms with Gasteiger partial charge in [-0.3, -0.25) is 9.69 Å². The van der Waals surface area contributed by atoms with Crippen LogP contribution in [0.3, 0.4) is 0 Å². The van der Waals surface area contributed by atoms with Crippen LogP contribution in [0, 0.1) is 0 Å². The monoisotopic (exact) mass is 505 g/mol. The molecule has 162 valence electrons. The molecule has 4 nitrogen and oxygen atoms in total. The maximum atomic E-state index is 13.5. The van der Waals surface area contributed by atoms with Crippen LogP contribution in [-0.2, 0) is 4.79 Å². The van der Waals surface area contributed by atoms with Gasteiger partial charge in [0.15, 0.2) is 5.17 Å². The Morgan fingerprint density at radius 2 is 1.66 bits per heavy atom. The molecule has 4 rings (SSSR count). The summed E-state index contributed by atoms with van der Waals surface area (Å²) in [5, 5.41) is 0.688. The number of halogens is 1. The average Bonchev–Trinajstić information content (AvgIpc) is 3.08. The van der Waals surface area contributed by atoms with Gasteiger partial charge in [-0.25, -0.2) is 4.99 Å². The Labute approximate surface area is 201 Å². The number of hydrogen-bond acceptors (Lipinski definition) is 4. The highest BCUT2D eigenvalue weighted by Gasteiger charge is 2.37. The second-order valence-corrected chi connectivity index (χ2v) is 9.57. The van der Waals surface area contributed by atoms with Crippen LogP contribution in [-0.4, -0.2) is 30.1 Å². The van der Waals surface area contributed by atoms with Crippen molar-refractivity contribution in [3.63, 3.8) is 0 Å². The molecule has 3 aromatic carbocycles. The van der Waals surface area contributed by atoms with Crippen molar-refractivity contribution in [3.8, 4) is 0 Å². The first kappa shape index (κ1) is 22.4. The second-order valence-electron chi connectivity index (χ2n) is 7.71. The molecule has 1 aliphatic heterocycles. The Kier molecular flexibility index (Phi) is 6.82. The summed E-state index contributed by atoms with van der Waals surface area (Å²) in [4.78, 5) is 22.8. The fraction of sp³-hybridized carbons (Fsp3) is 0.154. The number of para-hydroxylation sites is 1. The molecule has 0 N–H and O–H groups in total. The molecule has 0 radical (unpaired) electrons. The number of hydrogen-bond donors (Lipinski definition) is 0. The van der Waals surface area contributed by atoms with Crippen LogP contribution in [0.5, 0.6) is 0 Å². The first-order valence-electron chi connectivity index (χ1n) is 10.3. The standard InChI is InChI=1S/C26H24BrN3OS/c1-18(20-10-6-4-7-11-20)30-25(31)24(32-26(30)28-21-12-8-5-9-13-21)17-19-14-15-23(29(2)3)22(27)16-19/h4-18H,1-3H3/b24-17+,28-26?/t18-/m0/s1. The molecule has 1 fully saturated rings. The first-order valence-corrected chi connectivity index (χ1v) is 11.9. The van der Waals surface area contributed by atoms with Crippen molar-refractivity contribution in [1.82, 2.24) is 4.90 Å². The van der Waals surface area contributed by atoms with Crippen molar-refractivity contribution in [2.24, 2.45) is 4.99 Å². The summed E-state index contributed by atoms with van der Waals surface area (Å²) < 4.78 is 0.986. The molecule has 1 amide bonds. The van der Waals surface area contributed by atoms with Gasteiger partial charge in [0.2, 0.25) is 0 Å². The number of amidine groups is 1. The third-order valence-electron chi connectivity index (χ3n) is 5.24. The van der Waals surface area contributed by atoms with Crippen molar-refractivity contribution < 1.29 is 4.79 Å². The minimum Gasteiger partial charge on any atom is -0.377 e. The maximum Gasteiger partial charge on any atom is 0.267 e. The van der Waals surface area contributed by atoms with Crippen LogP contribution in [0.25, 0.3) is 6.08 Å². The van der Waals surface area contributed by atoms with Crippen molar-refractivity contribution in [1.29, 1.82) is 0 Å². The minimum absolute atomic E-state index is 0.0335. The third-order valence-corrected chi connectivity index (χ3v) is 6.86. The summed E-state index contributed by atoms with van der Waals surface area (Å²) in [6, 6.07) is 25.8. The van der Waals surface area contributed by atoms with Gasteiger partial charge in [-0.15, -0.1) is 0 Å². The molecule has 1 saturated heterocycles. The maximum absolute atomic E-state index is 13.5. The third kappa shape index (κ3) is 4.81. The summed E-state index contributed by atoms with van der Waals surface area (Å²) >= 11 is 5.05. The van der Waals surface area contributed by atoms with Gasteiger partial charge in [0, 0.05) is 18.6 Å². The molecular weight excluding hydrogens is 482 g/mol. The number of nitrogens with zero attached hydrogens (tertiary/aromatic N) is 3. The zero-order valence-electron chi connectivity index (χ0n) is 18.2. The number of carbonyl (C=O) groups excluding carboxylic acids is 1. The van der Waals surface area contributed by atoms with Crippen LogP contribution in [0.4, 0.5) is 11.4 Å². The Hall–Kier alpha value is -2.83. The first-order chi connectivity index (χ1) is 15.4. The lowest BCUT2D eigenvalue weighted by atomic mass is 10.1. The van der Waals surface area contributed by atoms with E-state index >= 15 is 0 Å². The number of aliphatic imine (C=N–C) groups is 1. The lowest BCUT2D eigenvalue weighted by molar-refractivity contribution is -0.123. The quantitative estimate of drug-likeness (QED) is 0.354. The Bertz CT molecular complexity index is 1180. The van der Waals surface area contributed by atoms with E-state index in [9.17, 15) is 4.79 Å². The van der Waals surface area contributed by atoms with Crippen LogP contribution in [0.2, 0.25) is 0 Å². The molecule has 0 aliphatic carbocycles. The zero-order valence-corrected chi connectivity index (χ0v) is 20.6. The highest BCUT2D eigenvalue weighted by molar-refractivity contribution is 9.10. The molecule has 1 aliphatic rings.